The van der Waals surface area contributed by atoms with E-state index in [0.29, 0.717) is 25.3 Å². The lowest BCUT2D eigenvalue weighted by Crippen LogP contribution is -2.54. The van der Waals surface area contributed by atoms with Crippen molar-refractivity contribution < 1.29 is 14.4 Å². The van der Waals surface area contributed by atoms with Gasteiger partial charge in [-0.2, -0.15) is 4.98 Å². The summed E-state index contributed by atoms with van der Waals surface area (Å²) in [5, 5.41) is 7.15. The summed E-state index contributed by atoms with van der Waals surface area (Å²) in [5.74, 6) is -0.0926. The van der Waals surface area contributed by atoms with Crippen molar-refractivity contribution in [2.24, 2.45) is 5.73 Å². The molecule has 3 amide bonds. The van der Waals surface area contributed by atoms with Crippen LogP contribution in [0.2, 0.25) is 0 Å². The van der Waals surface area contributed by atoms with Crippen LogP contribution in [-0.2, 0) is 17.6 Å². The summed E-state index contributed by atoms with van der Waals surface area (Å²) in [6, 6.07) is 16.6. The van der Waals surface area contributed by atoms with E-state index in [1.807, 2.05) is 14.1 Å². The maximum atomic E-state index is 14.2. The Hall–Kier alpha value is -4.15. The van der Waals surface area contributed by atoms with E-state index in [4.69, 9.17) is 15.7 Å². The number of hydrogen-bond donors (Lipinski definition) is 3. The Balaban J connectivity index is 1.29. The molecule has 0 bridgehead atoms. The largest absolute Gasteiger partial charge is 0.362 e. The van der Waals surface area contributed by atoms with Crippen LogP contribution in [0.4, 0.5) is 11.8 Å². The molecule has 0 unspecified atom stereocenters. The second-order valence-electron chi connectivity index (χ2n) is 12.6. The fraction of sp³-hybridized carbons (Fsp3) is 0.472. The number of hydrogen-bond acceptors (Lipinski definition) is 9. The van der Waals surface area contributed by atoms with Crippen molar-refractivity contribution in [3.63, 3.8) is 0 Å². The summed E-state index contributed by atoms with van der Waals surface area (Å²) >= 11 is 0. The highest BCUT2D eigenvalue weighted by atomic mass is 16.2. The number of aromatic nitrogens is 2. The van der Waals surface area contributed by atoms with Crippen molar-refractivity contribution in [1.82, 2.24) is 20.2 Å². The van der Waals surface area contributed by atoms with Crippen LogP contribution in [0.5, 0.6) is 0 Å². The SMILES string of the molecule is CN(C)c1nc(N[C@H]2CC[C@@H](N[C@@H](CCCCN)C(=O)N(C(=O)c3ccccc3)C(=O)c3ccccc3)CC2)nc2c1CCCC2. The van der Waals surface area contributed by atoms with E-state index in [-0.39, 0.29) is 23.2 Å². The van der Waals surface area contributed by atoms with Crippen LogP contribution in [0.1, 0.15) is 89.8 Å². The first-order valence-electron chi connectivity index (χ1n) is 16.7. The summed E-state index contributed by atoms with van der Waals surface area (Å²) in [4.78, 5) is 54.3. The maximum absolute atomic E-state index is 14.2. The number of nitrogens with zero attached hydrogens (tertiary/aromatic N) is 4. The smallest absolute Gasteiger partial charge is 0.267 e. The molecule has 0 spiro atoms. The number of aryl methyl sites for hydroxylation is 1. The number of amides is 3. The summed E-state index contributed by atoms with van der Waals surface area (Å²) in [6.07, 6.45) is 9.71. The normalized spacial score (nSPS) is 18.2. The molecular formula is C36H47N7O3. The van der Waals surface area contributed by atoms with Gasteiger partial charge in [0, 0.05) is 42.9 Å². The number of carbonyl (C=O) groups is 3. The number of nitrogens with one attached hydrogen (secondary N) is 2. The Bertz CT molecular complexity index is 1420. The fourth-order valence-corrected chi connectivity index (χ4v) is 6.52. The number of benzene rings is 2. The third-order valence-electron chi connectivity index (χ3n) is 9.00. The average molecular weight is 626 g/mol. The van der Waals surface area contributed by atoms with E-state index in [9.17, 15) is 14.4 Å². The fourth-order valence-electron chi connectivity index (χ4n) is 6.52. The molecule has 1 heterocycles. The second kappa shape index (κ2) is 15.9. The Labute approximate surface area is 272 Å². The van der Waals surface area contributed by atoms with Crippen molar-refractivity contribution in [2.45, 2.75) is 88.8 Å². The number of imide groups is 3. The van der Waals surface area contributed by atoms with E-state index in [0.717, 1.165) is 67.8 Å². The minimum absolute atomic E-state index is 0.0622. The molecule has 10 heteroatoms. The molecule has 2 aliphatic rings. The van der Waals surface area contributed by atoms with E-state index >= 15 is 0 Å². The predicted molar refractivity (Wildman–Crippen MR) is 181 cm³/mol. The van der Waals surface area contributed by atoms with E-state index < -0.39 is 23.8 Å². The number of unbranched alkanes of at least 4 members (excludes halogenated alkanes) is 1. The van der Waals surface area contributed by atoms with Gasteiger partial charge in [-0.25, -0.2) is 9.88 Å². The van der Waals surface area contributed by atoms with Gasteiger partial charge in [0.1, 0.15) is 5.82 Å². The van der Waals surface area contributed by atoms with Crippen molar-refractivity contribution in [3.8, 4) is 0 Å². The zero-order chi connectivity index (χ0) is 32.5. The molecule has 4 N–H and O–H groups in total. The molecule has 1 saturated carbocycles. The van der Waals surface area contributed by atoms with Crippen LogP contribution in [0.3, 0.4) is 0 Å². The van der Waals surface area contributed by atoms with Gasteiger partial charge >= 0.3 is 0 Å². The zero-order valence-corrected chi connectivity index (χ0v) is 27.1. The lowest BCUT2D eigenvalue weighted by molar-refractivity contribution is -0.129. The zero-order valence-electron chi connectivity index (χ0n) is 27.1. The van der Waals surface area contributed by atoms with Gasteiger partial charge in [-0.15, -0.1) is 0 Å². The van der Waals surface area contributed by atoms with E-state index in [2.05, 4.69) is 15.5 Å². The summed E-state index contributed by atoms with van der Waals surface area (Å²) in [6.45, 7) is 0.508. The Morgan fingerprint density at radius 2 is 1.41 bits per heavy atom. The van der Waals surface area contributed by atoms with Gasteiger partial charge in [0.05, 0.1) is 11.7 Å². The van der Waals surface area contributed by atoms with Crippen molar-refractivity contribution >= 4 is 29.5 Å². The van der Waals surface area contributed by atoms with Gasteiger partial charge in [-0.1, -0.05) is 42.8 Å². The highest BCUT2D eigenvalue weighted by molar-refractivity contribution is 6.21. The molecule has 1 fully saturated rings. The molecule has 10 nitrogen and oxygen atoms in total. The number of fused-ring (bicyclic) bond motifs is 1. The first kappa shape index (κ1) is 33.2. The molecule has 2 aromatic carbocycles. The van der Waals surface area contributed by atoms with Gasteiger partial charge in [-0.3, -0.25) is 14.4 Å². The van der Waals surface area contributed by atoms with Crippen LogP contribution in [0, 0.1) is 0 Å². The molecule has 2 aliphatic carbocycles. The van der Waals surface area contributed by atoms with Crippen LogP contribution >= 0.6 is 0 Å². The molecule has 0 saturated heterocycles. The molecule has 0 radical (unpaired) electrons. The third-order valence-corrected chi connectivity index (χ3v) is 9.00. The van der Waals surface area contributed by atoms with Gasteiger partial charge in [0.15, 0.2) is 0 Å². The summed E-state index contributed by atoms with van der Waals surface area (Å²) in [5.41, 5.74) is 8.78. The molecular weight excluding hydrogens is 578 g/mol. The Kier molecular flexibility index (Phi) is 11.5. The lowest BCUT2D eigenvalue weighted by atomic mass is 9.90. The topological polar surface area (TPSA) is 134 Å². The van der Waals surface area contributed by atoms with Crippen LogP contribution in [0.15, 0.2) is 60.7 Å². The standard InChI is InChI=1S/C36H47N7O3/c1-42(2)32-29-17-9-10-18-30(29)40-36(41-32)39-28-22-20-27(21-23-28)38-31(19-11-12-24-37)35(46)43(33(44)25-13-5-3-6-14-25)34(45)26-15-7-4-8-16-26/h3-8,13-16,27-28,31,38H,9-12,17-24,37H2,1-2H3,(H,39,40,41)/t27-,28+,31-/m0/s1. The van der Waals surface area contributed by atoms with E-state index in [1.165, 1.54) is 12.0 Å². The number of nitrogens with two attached hydrogens (primary N) is 1. The van der Waals surface area contributed by atoms with Gasteiger partial charge in [-0.05, 0) is 95.0 Å². The van der Waals surface area contributed by atoms with Crippen LogP contribution in [-0.4, -0.2) is 71.4 Å². The van der Waals surface area contributed by atoms with E-state index in [1.54, 1.807) is 60.7 Å². The van der Waals surface area contributed by atoms with Crippen LogP contribution < -0.4 is 21.3 Å². The Morgan fingerprint density at radius 3 is 2.00 bits per heavy atom. The molecule has 1 atom stereocenters. The predicted octanol–water partition coefficient (Wildman–Crippen LogP) is 4.74. The molecule has 3 aromatic rings. The first-order chi connectivity index (χ1) is 22.4. The number of rotatable bonds is 12. The first-order valence-corrected chi connectivity index (χ1v) is 16.7. The third kappa shape index (κ3) is 8.16. The highest BCUT2D eigenvalue weighted by Gasteiger charge is 2.36. The summed E-state index contributed by atoms with van der Waals surface area (Å²) in [7, 11) is 4.07. The lowest BCUT2D eigenvalue weighted by Gasteiger charge is -2.34. The van der Waals surface area contributed by atoms with Crippen molar-refractivity contribution in [1.29, 1.82) is 0 Å². The van der Waals surface area contributed by atoms with Crippen molar-refractivity contribution in [2.75, 3.05) is 30.9 Å². The monoisotopic (exact) mass is 625 g/mol. The minimum atomic E-state index is -0.701. The van der Waals surface area contributed by atoms with Gasteiger partial charge in [0.25, 0.3) is 17.7 Å². The van der Waals surface area contributed by atoms with Gasteiger partial charge in [0.2, 0.25) is 5.95 Å². The molecule has 244 valence electrons. The molecule has 1 aromatic heterocycles. The highest BCUT2D eigenvalue weighted by Crippen LogP contribution is 2.30. The van der Waals surface area contributed by atoms with Crippen LogP contribution in [0.25, 0.3) is 0 Å². The molecule has 5 rings (SSSR count). The van der Waals surface area contributed by atoms with Crippen molar-refractivity contribution in [3.05, 3.63) is 83.0 Å². The maximum Gasteiger partial charge on any atom is 0.267 e. The minimum Gasteiger partial charge on any atom is -0.362 e. The number of anilines is 2. The number of carbonyl (C=O) groups excluding carboxylic acids is 3. The Morgan fingerprint density at radius 1 is 0.826 bits per heavy atom. The van der Waals surface area contributed by atoms with Gasteiger partial charge < -0.3 is 21.3 Å². The molecule has 0 aliphatic heterocycles. The molecule has 46 heavy (non-hydrogen) atoms. The average Bonchev–Trinajstić information content (AvgIpc) is 3.09. The summed E-state index contributed by atoms with van der Waals surface area (Å²) < 4.78 is 0. The second-order valence-corrected chi connectivity index (χ2v) is 12.6. The quantitative estimate of drug-likeness (QED) is 0.193.